The molecule has 0 spiro atoms. The van der Waals surface area contributed by atoms with E-state index in [-0.39, 0.29) is 24.7 Å². The van der Waals surface area contributed by atoms with Crippen molar-refractivity contribution in [2.45, 2.75) is 25.9 Å². The number of phenols is 2. The van der Waals surface area contributed by atoms with E-state index < -0.39 is 12.7 Å². The molecule has 0 aliphatic rings. The third kappa shape index (κ3) is 4.89. The first kappa shape index (κ1) is 23.6. The summed E-state index contributed by atoms with van der Waals surface area (Å²) in [6.07, 6.45) is -0.111. The summed E-state index contributed by atoms with van der Waals surface area (Å²) in [7, 11) is 4.47. The van der Waals surface area contributed by atoms with Gasteiger partial charge in [0.05, 0.1) is 41.2 Å². The minimum atomic E-state index is -0.966. The second kappa shape index (κ2) is 10.9. The molecule has 0 amide bonds. The smallest absolute Gasteiger partial charge is 0.203 e. The van der Waals surface area contributed by atoms with Crippen LogP contribution in [0.4, 0.5) is 0 Å². The summed E-state index contributed by atoms with van der Waals surface area (Å²) < 4.78 is 21.7. The molecule has 2 aromatic rings. The average Bonchev–Trinajstić information content (AvgIpc) is 2.75. The zero-order valence-corrected chi connectivity index (χ0v) is 17.7. The van der Waals surface area contributed by atoms with E-state index in [4.69, 9.17) is 24.1 Å². The summed E-state index contributed by atoms with van der Waals surface area (Å²) >= 11 is 0. The molecule has 4 N–H and O–H groups in total. The Labute approximate surface area is 176 Å². The number of phenolic OH excluding ortho intramolecular Hbond substituents is 2. The van der Waals surface area contributed by atoms with E-state index in [2.05, 4.69) is 6.07 Å². The standard InChI is InChI=1S/C22H29O8/c1-5-14-15(8-9-30-12-13(24)11-23)20(18(26)10-17(14)25)16-6-7-19(27-2)22(29-4)21(16)28-3/h7,10,13,23-26H,5,8-9,11-12H2,1-4H3. The van der Waals surface area contributed by atoms with E-state index in [1.807, 2.05) is 6.92 Å². The van der Waals surface area contributed by atoms with E-state index in [0.29, 0.717) is 52.3 Å². The molecule has 30 heavy (non-hydrogen) atoms. The van der Waals surface area contributed by atoms with Crippen LogP contribution in [-0.4, -0.2) is 67.7 Å². The van der Waals surface area contributed by atoms with Gasteiger partial charge in [-0.25, -0.2) is 0 Å². The second-order valence-corrected chi connectivity index (χ2v) is 6.56. The van der Waals surface area contributed by atoms with E-state index in [0.717, 1.165) is 0 Å². The number of ether oxygens (including phenoxy) is 4. The largest absolute Gasteiger partial charge is 0.508 e. The zero-order valence-electron chi connectivity index (χ0n) is 17.7. The first-order valence-electron chi connectivity index (χ1n) is 9.57. The third-order valence-electron chi connectivity index (χ3n) is 4.76. The van der Waals surface area contributed by atoms with Gasteiger partial charge in [-0.3, -0.25) is 0 Å². The topological polar surface area (TPSA) is 118 Å². The average molecular weight is 421 g/mol. The molecule has 0 bridgehead atoms. The highest BCUT2D eigenvalue weighted by Crippen LogP contribution is 2.49. The fourth-order valence-electron chi connectivity index (χ4n) is 3.36. The summed E-state index contributed by atoms with van der Waals surface area (Å²) in [6.45, 7) is 1.68. The lowest BCUT2D eigenvalue weighted by atomic mass is 9.90. The van der Waals surface area contributed by atoms with Gasteiger partial charge in [-0.05, 0) is 36.1 Å². The van der Waals surface area contributed by atoms with Crippen molar-refractivity contribution in [1.29, 1.82) is 0 Å². The molecule has 1 unspecified atom stereocenters. The van der Waals surface area contributed by atoms with Crippen LogP contribution < -0.4 is 14.2 Å². The Morgan fingerprint density at radius 3 is 2.27 bits per heavy atom. The lowest BCUT2D eigenvalue weighted by Gasteiger charge is -2.21. The van der Waals surface area contributed by atoms with Crippen molar-refractivity contribution in [3.63, 3.8) is 0 Å². The van der Waals surface area contributed by atoms with Crippen LogP contribution in [-0.2, 0) is 17.6 Å². The van der Waals surface area contributed by atoms with E-state index >= 15 is 0 Å². The Morgan fingerprint density at radius 1 is 1.00 bits per heavy atom. The van der Waals surface area contributed by atoms with Gasteiger partial charge < -0.3 is 39.4 Å². The minimum Gasteiger partial charge on any atom is -0.508 e. The van der Waals surface area contributed by atoms with Gasteiger partial charge in [-0.2, -0.15) is 0 Å². The summed E-state index contributed by atoms with van der Waals surface area (Å²) in [5, 5.41) is 39.5. The molecule has 0 aromatic heterocycles. The lowest BCUT2D eigenvalue weighted by Crippen LogP contribution is -2.20. The maximum Gasteiger partial charge on any atom is 0.203 e. The monoisotopic (exact) mass is 421 g/mol. The number of aliphatic hydroxyl groups is 2. The van der Waals surface area contributed by atoms with Gasteiger partial charge >= 0.3 is 0 Å². The Balaban J connectivity index is 2.59. The summed E-state index contributed by atoms with van der Waals surface area (Å²) in [5.41, 5.74) is 2.20. The van der Waals surface area contributed by atoms with Crippen LogP contribution in [0.25, 0.3) is 11.1 Å². The summed E-state index contributed by atoms with van der Waals surface area (Å²) in [4.78, 5) is 0. The maximum absolute atomic E-state index is 10.7. The normalized spacial score (nSPS) is 11.9. The molecule has 0 aliphatic heterocycles. The number of methoxy groups -OCH3 is 3. The van der Waals surface area contributed by atoms with E-state index in [1.54, 1.807) is 6.07 Å². The van der Waals surface area contributed by atoms with E-state index in [9.17, 15) is 15.3 Å². The van der Waals surface area contributed by atoms with Crippen molar-refractivity contribution in [3.8, 4) is 39.9 Å². The molecular weight excluding hydrogens is 392 g/mol. The molecule has 2 rings (SSSR count). The number of aliphatic hydroxyl groups excluding tert-OH is 2. The first-order chi connectivity index (χ1) is 14.4. The van der Waals surface area contributed by atoms with Crippen LogP contribution in [0.1, 0.15) is 18.1 Å². The molecule has 8 heteroatoms. The van der Waals surface area contributed by atoms with Gasteiger partial charge in [0, 0.05) is 17.2 Å². The van der Waals surface area contributed by atoms with Crippen LogP contribution in [0.15, 0.2) is 12.1 Å². The fourth-order valence-corrected chi connectivity index (χ4v) is 3.36. The quantitative estimate of drug-likeness (QED) is 0.407. The van der Waals surface area contributed by atoms with Crippen molar-refractivity contribution < 1.29 is 39.4 Å². The number of hydrogen-bond acceptors (Lipinski definition) is 8. The van der Waals surface area contributed by atoms with Crippen molar-refractivity contribution in [3.05, 3.63) is 29.3 Å². The van der Waals surface area contributed by atoms with E-state index in [1.165, 1.54) is 27.4 Å². The highest BCUT2D eigenvalue weighted by molar-refractivity contribution is 5.83. The SMILES string of the molecule is CCc1c(O)cc(O)c(-c2[c]cc(OC)c(OC)c2OC)c1CCOCC(O)CO. The van der Waals surface area contributed by atoms with Crippen molar-refractivity contribution in [1.82, 2.24) is 0 Å². The molecular formula is C22H29O8. The molecule has 1 atom stereocenters. The molecule has 1 radical (unpaired) electrons. The van der Waals surface area contributed by atoms with Gasteiger partial charge in [0.25, 0.3) is 0 Å². The Hall–Kier alpha value is -2.68. The summed E-state index contributed by atoms with van der Waals surface area (Å²) in [5.74, 6) is 0.945. The highest BCUT2D eigenvalue weighted by atomic mass is 16.5. The second-order valence-electron chi connectivity index (χ2n) is 6.56. The van der Waals surface area contributed by atoms with Gasteiger partial charge in [-0.1, -0.05) is 6.92 Å². The molecule has 0 fully saturated rings. The predicted molar refractivity (Wildman–Crippen MR) is 111 cm³/mol. The number of benzene rings is 2. The number of aromatic hydroxyl groups is 2. The minimum absolute atomic E-state index is 0.0239. The van der Waals surface area contributed by atoms with Crippen molar-refractivity contribution in [2.24, 2.45) is 0 Å². The Kier molecular flexibility index (Phi) is 8.58. The van der Waals surface area contributed by atoms with Crippen LogP contribution >= 0.6 is 0 Å². The van der Waals surface area contributed by atoms with Gasteiger partial charge in [0.15, 0.2) is 11.5 Å². The van der Waals surface area contributed by atoms with Crippen LogP contribution in [0.5, 0.6) is 28.7 Å². The van der Waals surface area contributed by atoms with Gasteiger partial charge in [-0.15, -0.1) is 0 Å². The van der Waals surface area contributed by atoms with Crippen LogP contribution in [0, 0.1) is 6.07 Å². The number of hydrogen-bond donors (Lipinski definition) is 4. The van der Waals surface area contributed by atoms with Crippen LogP contribution in [0.2, 0.25) is 0 Å². The highest BCUT2D eigenvalue weighted by Gasteiger charge is 2.24. The van der Waals surface area contributed by atoms with Crippen LogP contribution in [0.3, 0.4) is 0 Å². The maximum atomic E-state index is 10.7. The summed E-state index contributed by atoms with van der Waals surface area (Å²) in [6, 6.07) is 5.96. The van der Waals surface area contributed by atoms with Crippen molar-refractivity contribution >= 4 is 0 Å². The van der Waals surface area contributed by atoms with Gasteiger partial charge in [0.2, 0.25) is 5.75 Å². The number of rotatable bonds is 11. The first-order valence-corrected chi connectivity index (χ1v) is 9.57. The molecule has 165 valence electrons. The lowest BCUT2D eigenvalue weighted by molar-refractivity contribution is 0.00720. The molecule has 0 saturated heterocycles. The van der Waals surface area contributed by atoms with Gasteiger partial charge in [0.1, 0.15) is 17.6 Å². The Morgan fingerprint density at radius 2 is 1.70 bits per heavy atom. The molecule has 0 heterocycles. The van der Waals surface area contributed by atoms with Crippen molar-refractivity contribution in [2.75, 3.05) is 41.2 Å². The predicted octanol–water partition coefficient (Wildman–Crippen LogP) is 2.07. The third-order valence-corrected chi connectivity index (χ3v) is 4.76. The fraction of sp³-hybridized carbons (Fsp3) is 0.455. The molecule has 0 saturated carbocycles. The zero-order chi connectivity index (χ0) is 22.3. The molecule has 0 aliphatic carbocycles. The Bertz CT molecular complexity index is 850. The molecule has 2 aromatic carbocycles. The molecule has 8 nitrogen and oxygen atoms in total.